The largest absolute Gasteiger partial charge is 0.323 e. The average Bonchev–Trinajstić information content (AvgIpc) is 2.41. The first-order valence-corrected chi connectivity index (χ1v) is 6.43. The van der Waals surface area contributed by atoms with Crippen LogP contribution in [0.15, 0.2) is 59.1 Å². The van der Waals surface area contributed by atoms with Crippen LogP contribution in [0.5, 0.6) is 0 Å². The van der Waals surface area contributed by atoms with Gasteiger partial charge in [-0.15, -0.1) is 0 Å². The van der Waals surface area contributed by atoms with Gasteiger partial charge in [-0.05, 0) is 48.0 Å². The Labute approximate surface area is 119 Å². The Morgan fingerprint density at radius 3 is 2.32 bits per heavy atom. The first-order chi connectivity index (χ1) is 9.13. The summed E-state index contributed by atoms with van der Waals surface area (Å²) in [4.78, 5) is 11.7. The molecule has 0 unspecified atom stereocenters. The van der Waals surface area contributed by atoms with Crippen molar-refractivity contribution in [2.75, 3.05) is 5.32 Å². The van der Waals surface area contributed by atoms with E-state index in [4.69, 9.17) is 0 Å². The van der Waals surface area contributed by atoms with Gasteiger partial charge in [-0.3, -0.25) is 4.79 Å². The van der Waals surface area contributed by atoms with E-state index < -0.39 is 0 Å². The molecule has 0 aliphatic rings. The molecule has 4 heteroatoms. The SMILES string of the molecule is O=C(/C=C/c1ccc(F)cc1)Nc1ccc(Br)cc1. The number of anilines is 1. The Kier molecular flexibility index (Phi) is 4.47. The van der Waals surface area contributed by atoms with Crippen LogP contribution in [-0.2, 0) is 4.79 Å². The minimum Gasteiger partial charge on any atom is -0.323 e. The van der Waals surface area contributed by atoms with E-state index in [1.807, 2.05) is 12.1 Å². The molecule has 0 aliphatic carbocycles. The molecule has 1 N–H and O–H groups in total. The molecule has 2 nitrogen and oxygen atoms in total. The van der Waals surface area contributed by atoms with E-state index >= 15 is 0 Å². The second-order valence-corrected chi connectivity index (χ2v) is 4.80. The molecule has 2 aromatic rings. The first kappa shape index (κ1) is 13.5. The van der Waals surface area contributed by atoms with E-state index in [0.29, 0.717) is 0 Å². The highest BCUT2D eigenvalue weighted by Gasteiger charge is 1.97. The molecule has 2 rings (SSSR count). The Balaban J connectivity index is 1.97. The van der Waals surface area contributed by atoms with Gasteiger partial charge in [0.25, 0.3) is 0 Å². The van der Waals surface area contributed by atoms with Crippen molar-refractivity contribution >= 4 is 33.6 Å². The van der Waals surface area contributed by atoms with Crippen LogP contribution in [0, 0.1) is 5.82 Å². The normalized spacial score (nSPS) is 10.6. The second-order valence-electron chi connectivity index (χ2n) is 3.88. The smallest absolute Gasteiger partial charge is 0.248 e. The molecule has 0 fully saturated rings. The fourth-order valence-electron chi connectivity index (χ4n) is 1.46. The predicted molar refractivity (Wildman–Crippen MR) is 78.2 cm³/mol. The summed E-state index contributed by atoms with van der Waals surface area (Å²) in [6, 6.07) is 13.2. The lowest BCUT2D eigenvalue weighted by molar-refractivity contribution is -0.111. The van der Waals surface area contributed by atoms with Crippen molar-refractivity contribution < 1.29 is 9.18 Å². The monoisotopic (exact) mass is 319 g/mol. The number of rotatable bonds is 3. The summed E-state index contributed by atoms with van der Waals surface area (Å²) < 4.78 is 13.6. The molecule has 19 heavy (non-hydrogen) atoms. The number of hydrogen-bond acceptors (Lipinski definition) is 1. The fraction of sp³-hybridized carbons (Fsp3) is 0. The molecule has 0 radical (unpaired) electrons. The van der Waals surface area contributed by atoms with Crippen LogP contribution in [-0.4, -0.2) is 5.91 Å². The van der Waals surface area contributed by atoms with Crippen molar-refractivity contribution in [2.24, 2.45) is 0 Å². The van der Waals surface area contributed by atoms with E-state index in [1.54, 1.807) is 30.3 Å². The molecule has 0 heterocycles. The molecule has 0 aromatic heterocycles. The quantitative estimate of drug-likeness (QED) is 0.842. The van der Waals surface area contributed by atoms with Gasteiger partial charge in [0.2, 0.25) is 5.91 Å². The zero-order valence-electron chi connectivity index (χ0n) is 9.94. The molecule has 0 bridgehead atoms. The third kappa shape index (κ3) is 4.34. The molecule has 0 saturated carbocycles. The van der Waals surface area contributed by atoms with E-state index in [0.717, 1.165) is 15.7 Å². The van der Waals surface area contributed by atoms with Crippen molar-refractivity contribution in [1.29, 1.82) is 0 Å². The fourth-order valence-corrected chi connectivity index (χ4v) is 1.73. The molecule has 1 amide bonds. The van der Waals surface area contributed by atoms with Crippen LogP contribution >= 0.6 is 15.9 Å². The lowest BCUT2D eigenvalue weighted by Gasteiger charge is -2.01. The van der Waals surface area contributed by atoms with Crippen molar-refractivity contribution in [3.63, 3.8) is 0 Å². The van der Waals surface area contributed by atoms with Crippen LogP contribution in [0.3, 0.4) is 0 Å². The summed E-state index contributed by atoms with van der Waals surface area (Å²) in [7, 11) is 0. The highest BCUT2D eigenvalue weighted by Crippen LogP contribution is 2.14. The highest BCUT2D eigenvalue weighted by molar-refractivity contribution is 9.10. The van der Waals surface area contributed by atoms with Crippen molar-refractivity contribution in [2.45, 2.75) is 0 Å². The van der Waals surface area contributed by atoms with Gasteiger partial charge in [0.15, 0.2) is 0 Å². The van der Waals surface area contributed by atoms with Gasteiger partial charge in [-0.2, -0.15) is 0 Å². The minimum atomic E-state index is -0.295. The van der Waals surface area contributed by atoms with E-state index in [1.165, 1.54) is 18.2 Å². The summed E-state index contributed by atoms with van der Waals surface area (Å²) in [5.74, 6) is -0.525. The number of hydrogen-bond donors (Lipinski definition) is 1. The number of amides is 1. The number of carbonyl (C=O) groups is 1. The van der Waals surface area contributed by atoms with E-state index in [-0.39, 0.29) is 11.7 Å². The summed E-state index contributed by atoms with van der Waals surface area (Å²) in [6.07, 6.45) is 3.04. The van der Waals surface area contributed by atoms with Gasteiger partial charge >= 0.3 is 0 Å². The zero-order chi connectivity index (χ0) is 13.7. The third-order valence-electron chi connectivity index (χ3n) is 2.41. The molecular formula is C15H11BrFNO. The second kappa shape index (κ2) is 6.29. The average molecular weight is 320 g/mol. The molecular weight excluding hydrogens is 309 g/mol. The lowest BCUT2D eigenvalue weighted by Crippen LogP contribution is -2.07. The molecule has 0 spiro atoms. The first-order valence-electron chi connectivity index (χ1n) is 5.64. The van der Waals surface area contributed by atoms with Crippen molar-refractivity contribution in [1.82, 2.24) is 0 Å². The molecule has 2 aromatic carbocycles. The van der Waals surface area contributed by atoms with Crippen LogP contribution in [0.2, 0.25) is 0 Å². The number of halogens is 2. The van der Waals surface area contributed by atoms with Gasteiger partial charge in [-0.25, -0.2) is 4.39 Å². The summed E-state index contributed by atoms with van der Waals surface area (Å²) >= 11 is 3.32. The summed E-state index contributed by atoms with van der Waals surface area (Å²) in [6.45, 7) is 0. The van der Waals surface area contributed by atoms with E-state index in [2.05, 4.69) is 21.2 Å². The number of benzene rings is 2. The molecule has 96 valence electrons. The molecule has 0 atom stereocenters. The Bertz CT molecular complexity index is 591. The maximum absolute atomic E-state index is 12.7. The maximum Gasteiger partial charge on any atom is 0.248 e. The van der Waals surface area contributed by atoms with Gasteiger partial charge in [0.05, 0.1) is 0 Å². The van der Waals surface area contributed by atoms with Crippen LogP contribution in [0.1, 0.15) is 5.56 Å². The van der Waals surface area contributed by atoms with Crippen molar-refractivity contribution in [3.05, 3.63) is 70.5 Å². The van der Waals surface area contributed by atoms with Crippen LogP contribution in [0.4, 0.5) is 10.1 Å². The van der Waals surface area contributed by atoms with Gasteiger partial charge in [0, 0.05) is 16.2 Å². The Morgan fingerprint density at radius 2 is 1.68 bits per heavy atom. The lowest BCUT2D eigenvalue weighted by atomic mass is 10.2. The standard InChI is InChI=1S/C15H11BrFNO/c16-12-4-8-14(9-5-12)18-15(19)10-3-11-1-6-13(17)7-2-11/h1-10H,(H,18,19)/b10-3+. The van der Waals surface area contributed by atoms with Crippen LogP contribution in [0.25, 0.3) is 6.08 Å². The van der Waals surface area contributed by atoms with Crippen molar-refractivity contribution in [3.8, 4) is 0 Å². The molecule has 0 saturated heterocycles. The van der Waals surface area contributed by atoms with Crippen LogP contribution < -0.4 is 5.32 Å². The number of nitrogens with one attached hydrogen (secondary N) is 1. The summed E-state index contributed by atoms with van der Waals surface area (Å²) in [5.41, 5.74) is 1.49. The van der Waals surface area contributed by atoms with Gasteiger partial charge < -0.3 is 5.32 Å². The maximum atomic E-state index is 12.7. The summed E-state index contributed by atoms with van der Waals surface area (Å²) in [5, 5.41) is 2.73. The third-order valence-corrected chi connectivity index (χ3v) is 2.94. The highest BCUT2D eigenvalue weighted by atomic mass is 79.9. The van der Waals surface area contributed by atoms with Gasteiger partial charge in [0.1, 0.15) is 5.82 Å². The van der Waals surface area contributed by atoms with Gasteiger partial charge in [-0.1, -0.05) is 28.1 Å². The predicted octanol–water partition coefficient (Wildman–Crippen LogP) is 4.24. The number of carbonyl (C=O) groups excluding carboxylic acids is 1. The van der Waals surface area contributed by atoms with E-state index in [9.17, 15) is 9.18 Å². The minimum absolute atomic E-state index is 0.230. The topological polar surface area (TPSA) is 29.1 Å². The Hall–Kier alpha value is -1.94. The zero-order valence-corrected chi connectivity index (χ0v) is 11.5. The Morgan fingerprint density at radius 1 is 1.05 bits per heavy atom. The molecule has 0 aliphatic heterocycles.